The molecule has 29 heavy (non-hydrogen) atoms. The molecule has 1 N–H and O–H groups in total. The number of aromatic nitrogens is 4. The third kappa shape index (κ3) is 3.29. The average molecular weight is 390 g/mol. The number of nitrogens with zero attached hydrogens (tertiary/aromatic N) is 6. The molecule has 3 aromatic heterocycles. The SMILES string of the molecule is CN(C)c1cncc2nc(-c3ccncc3)nc(N3CCC4(CCNC4)CC3)c12. The van der Waals surface area contributed by atoms with Crippen molar-refractivity contribution >= 4 is 22.4 Å². The Hall–Kier alpha value is -2.80. The normalized spacial score (nSPS) is 18.5. The quantitative estimate of drug-likeness (QED) is 0.738. The van der Waals surface area contributed by atoms with Gasteiger partial charge in [0.25, 0.3) is 0 Å². The molecule has 5 rings (SSSR count). The third-order valence-electron chi connectivity index (χ3n) is 6.44. The van der Waals surface area contributed by atoms with Gasteiger partial charge in [0.1, 0.15) is 5.82 Å². The van der Waals surface area contributed by atoms with E-state index >= 15 is 0 Å². The smallest absolute Gasteiger partial charge is 0.162 e. The molecule has 5 heterocycles. The molecule has 2 saturated heterocycles. The molecule has 0 aromatic carbocycles. The zero-order chi connectivity index (χ0) is 19.8. The molecule has 150 valence electrons. The minimum atomic E-state index is 0.471. The Balaban J connectivity index is 1.62. The van der Waals surface area contributed by atoms with Gasteiger partial charge in [-0.2, -0.15) is 0 Å². The lowest BCUT2D eigenvalue weighted by atomic mass is 9.78. The zero-order valence-corrected chi connectivity index (χ0v) is 17.1. The number of anilines is 2. The molecular weight excluding hydrogens is 362 g/mol. The summed E-state index contributed by atoms with van der Waals surface area (Å²) in [6, 6.07) is 3.92. The second kappa shape index (κ2) is 7.22. The number of pyridine rings is 2. The van der Waals surface area contributed by atoms with Crippen LogP contribution in [0.5, 0.6) is 0 Å². The number of nitrogens with one attached hydrogen (secondary N) is 1. The molecule has 0 amide bonds. The Morgan fingerprint density at radius 1 is 1.00 bits per heavy atom. The first-order valence-corrected chi connectivity index (χ1v) is 10.3. The molecule has 1 spiro atoms. The van der Waals surface area contributed by atoms with Crippen LogP contribution in [-0.2, 0) is 0 Å². The summed E-state index contributed by atoms with van der Waals surface area (Å²) in [5.74, 6) is 1.75. The Labute approximate surface area is 171 Å². The van der Waals surface area contributed by atoms with Gasteiger partial charge in [-0.1, -0.05) is 0 Å². The summed E-state index contributed by atoms with van der Waals surface area (Å²) in [7, 11) is 4.10. The van der Waals surface area contributed by atoms with E-state index in [4.69, 9.17) is 9.97 Å². The van der Waals surface area contributed by atoms with Gasteiger partial charge in [-0.05, 0) is 43.4 Å². The molecule has 2 aliphatic rings. The summed E-state index contributed by atoms with van der Waals surface area (Å²) in [6.07, 6.45) is 11.0. The number of hydrogen-bond donors (Lipinski definition) is 1. The van der Waals surface area contributed by atoms with Crippen molar-refractivity contribution in [1.82, 2.24) is 25.3 Å². The Morgan fingerprint density at radius 2 is 1.79 bits per heavy atom. The van der Waals surface area contributed by atoms with Gasteiger partial charge in [-0.3, -0.25) is 9.97 Å². The number of rotatable bonds is 3. The van der Waals surface area contributed by atoms with Gasteiger partial charge in [0.2, 0.25) is 0 Å². The van der Waals surface area contributed by atoms with Crippen LogP contribution in [0.3, 0.4) is 0 Å². The first-order chi connectivity index (χ1) is 14.2. The topological polar surface area (TPSA) is 70.1 Å². The Bertz CT molecular complexity index is 1000. The van der Waals surface area contributed by atoms with Crippen molar-refractivity contribution in [1.29, 1.82) is 0 Å². The van der Waals surface area contributed by atoms with Gasteiger partial charge >= 0.3 is 0 Å². The second-order valence-corrected chi connectivity index (χ2v) is 8.47. The fourth-order valence-corrected chi connectivity index (χ4v) is 4.66. The van der Waals surface area contributed by atoms with Gasteiger partial charge < -0.3 is 15.1 Å². The minimum absolute atomic E-state index is 0.471. The lowest BCUT2D eigenvalue weighted by molar-refractivity contribution is 0.247. The molecule has 0 atom stereocenters. The van der Waals surface area contributed by atoms with Gasteiger partial charge in [0.05, 0.1) is 29.0 Å². The Morgan fingerprint density at radius 3 is 2.48 bits per heavy atom. The lowest BCUT2D eigenvalue weighted by Crippen LogP contribution is -2.41. The van der Waals surface area contributed by atoms with E-state index in [-0.39, 0.29) is 0 Å². The largest absolute Gasteiger partial charge is 0.376 e. The predicted molar refractivity (Wildman–Crippen MR) is 116 cm³/mol. The van der Waals surface area contributed by atoms with Crippen molar-refractivity contribution in [3.05, 3.63) is 36.9 Å². The van der Waals surface area contributed by atoms with Crippen LogP contribution in [0.2, 0.25) is 0 Å². The molecule has 0 saturated carbocycles. The monoisotopic (exact) mass is 389 g/mol. The van der Waals surface area contributed by atoms with E-state index in [2.05, 4.69) is 25.1 Å². The van der Waals surface area contributed by atoms with Crippen molar-refractivity contribution in [3.8, 4) is 11.4 Å². The van der Waals surface area contributed by atoms with E-state index in [1.807, 2.05) is 38.6 Å². The lowest BCUT2D eigenvalue weighted by Gasteiger charge is -2.40. The van der Waals surface area contributed by atoms with Crippen LogP contribution in [-0.4, -0.2) is 60.2 Å². The summed E-state index contributed by atoms with van der Waals surface area (Å²) in [5.41, 5.74) is 3.39. The van der Waals surface area contributed by atoms with Crippen molar-refractivity contribution in [3.63, 3.8) is 0 Å². The van der Waals surface area contributed by atoms with Gasteiger partial charge in [0.15, 0.2) is 5.82 Å². The van der Waals surface area contributed by atoms with Crippen LogP contribution in [0.15, 0.2) is 36.9 Å². The third-order valence-corrected chi connectivity index (χ3v) is 6.44. The van der Waals surface area contributed by atoms with Gasteiger partial charge in [-0.25, -0.2) is 9.97 Å². The van der Waals surface area contributed by atoms with Crippen LogP contribution in [0.25, 0.3) is 22.3 Å². The van der Waals surface area contributed by atoms with Gasteiger partial charge in [-0.15, -0.1) is 0 Å². The maximum absolute atomic E-state index is 5.07. The first-order valence-electron chi connectivity index (χ1n) is 10.3. The van der Waals surface area contributed by atoms with E-state index in [9.17, 15) is 0 Å². The highest BCUT2D eigenvalue weighted by molar-refractivity contribution is 6.00. The summed E-state index contributed by atoms with van der Waals surface area (Å²) < 4.78 is 0. The number of fused-ring (bicyclic) bond motifs is 1. The molecule has 0 aliphatic carbocycles. The summed E-state index contributed by atoms with van der Waals surface area (Å²) in [6.45, 7) is 4.36. The van der Waals surface area contributed by atoms with Crippen LogP contribution in [0.1, 0.15) is 19.3 Å². The summed E-state index contributed by atoms with van der Waals surface area (Å²) >= 11 is 0. The van der Waals surface area contributed by atoms with Crippen molar-refractivity contribution in [2.45, 2.75) is 19.3 Å². The number of piperidine rings is 1. The molecule has 0 bridgehead atoms. The first kappa shape index (κ1) is 18.2. The predicted octanol–water partition coefficient (Wildman–Crippen LogP) is 2.73. The maximum atomic E-state index is 5.07. The van der Waals surface area contributed by atoms with Crippen molar-refractivity contribution < 1.29 is 0 Å². The summed E-state index contributed by atoms with van der Waals surface area (Å²) in [4.78, 5) is 23.0. The zero-order valence-electron chi connectivity index (χ0n) is 17.1. The molecular formula is C22H27N7. The highest BCUT2D eigenvalue weighted by Crippen LogP contribution is 2.40. The average Bonchev–Trinajstić information content (AvgIpc) is 3.21. The molecule has 2 aliphatic heterocycles. The fourth-order valence-electron chi connectivity index (χ4n) is 4.66. The molecule has 7 heteroatoms. The second-order valence-electron chi connectivity index (χ2n) is 8.47. The fraction of sp³-hybridized carbons (Fsp3) is 0.455. The molecule has 0 unspecified atom stereocenters. The maximum Gasteiger partial charge on any atom is 0.162 e. The summed E-state index contributed by atoms with van der Waals surface area (Å²) in [5, 5.41) is 4.64. The van der Waals surface area contributed by atoms with E-state index in [0.29, 0.717) is 5.41 Å². The molecule has 2 fully saturated rings. The van der Waals surface area contributed by atoms with Crippen LogP contribution < -0.4 is 15.1 Å². The van der Waals surface area contributed by atoms with Crippen molar-refractivity contribution in [2.24, 2.45) is 5.41 Å². The van der Waals surface area contributed by atoms with Gasteiger partial charge in [0, 0.05) is 51.7 Å². The molecule has 3 aromatic rings. The van der Waals surface area contributed by atoms with Crippen molar-refractivity contribution in [2.75, 3.05) is 50.1 Å². The van der Waals surface area contributed by atoms with E-state index in [0.717, 1.165) is 60.0 Å². The van der Waals surface area contributed by atoms with E-state index in [1.165, 1.54) is 19.3 Å². The van der Waals surface area contributed by atoms with Crippen LogP contribution in [0.4, 0.5) is 11.5 Å². The minimum Gasteiger partial charge on any atom is -0.376 e. The van der Waals surface area contributed by atoms with E-state index < -0.39 is 0 Å². The van der Waals surface area contributed by atoms with E-state index in [1.54, 1.807) is 12.4 Å². The highest BCUT2D eigenvalue weighted by atomic mass is 15.2. The number of hydrogen-bond acceptors (Lipinski definition) is 7. The Kier molecular flexibility index (Phi) is 4.54. The molecule has 7 nitrogen and oxygen atoms in total. The highest BCUT2D eigenvalue weighted by Gasteiger charge is 2.37. The standard InChI is InChI=1S/C22H27N7/c1-28(2)18-14-25-13-17-19(18)21(27-20(26-17)16-3-8-23-9-4-16)29-11-6-22(7-12-29)5-10-24-15-22/h3-4,8-9,13-14,24H,5-7,10-12,15H2,1-2H3. The molecule has 0 radical (unpaired) electrons. The van der Waals surface area contributed by atoms with Crippen LogP contribution in [0, 0.1) is 5.41 Å². The van der Waals surface area contributed by atoms with Crippen LogP contribution >= 0.6 is 0 Å².